The molecule has 1 heterocycles. The number of imidazole rings is 1. The van der Waals surface area contributed by atoms with Crippen LogP contribution in [0.4, 0.5) is 10.1 Å². The molecule has 2 rings (SSSR count). The third-order valence-corrected chi connectivity index (χ3v) is 2.77. The van der Waals surface area contributed by atoms with E-state index in [1.165, 1.54) is 19.2 Å². The average Bonchev–Trinajstić information content (AvgIpc) is 2.82. The van der Waals surface area contributed by atoms with E-state index in [2.05, 4.69) is 20.0 Å². The minimum absolute atomic E-state index is 0.163. The molecule has 0 amide bonds. The van der Waals surface area contributed by atoms with Gasteiger partial charge in [-0.05, 0) is 25.1 Å². The summed E-state index contributed by atoms with van der Waals surface area (Å²) in [5.41, 5.74) is 2.45. The van der Waals surface area contributed by atoms with Crippen molar-refractivity contribution in [1.82, 2.24) is 9.97 Å². The number of benzene rings is 1. The fourth-order valence-electron chi connectivity index (χ4n) is 1.69. The van der Waals surface area contributed by atoms with Crippen molar-refractivity contribution in [2.24, 2.45) is 0 Å². The molecular weight excluding hydrogens is 249 g/mol. The first-order chi connectivity index (χ1) is 9.11. The van der Waals surface area contributed by atoms with Crippen molar-refractivity contribution in [2.75, 3.05) is 12.4 Å². The number of methoxy groups -OCH3 is 1. The minimum Gasteiger partial charge on any atom is -0.465 e. The monoisotopic (exact) mass is 263 g/mol. The Balaban J connectivity index is 2.20. The zero-order valence-electron chi connectivity index (χ0n) is 10.7. The van der Waals surface area contributed by atoms with E-state index in [9.17, 15) is 9.18 Å². The van der Waals surface area contributed by atoms with Gasteiger partial charge in [-0.3, -0.25) is 0 Å². The Morgan fingerprint density at radius 1 is 1.53 bits per heavy atom. The predicted molar refractivity (Wildman–Crippen MR) is 68.4 cm³/mol. The van der Waals surface area contributed by atoms with Gasteiger partial charge in [-0.25, -0.2) is 14.2 Å². The van der Waals surface area contributed by atoms with Gasteiger partial charge in [0, 0.05) is 11.4 Å². The normalized spacial score (nSPS) is 10.3. The van der Waals surface area contributed by atoms with Crippen molar-refractivity contribution >= 4 is 11.7 Å². The fourth-order valence-corrected chi connectivity index (χ4v) is 1.69. The third kappa shape index (κ3) is 2.90. The Morgan fingerprint density at radius 2 is 2.32 bits per heavy atom. The highest BCUT2D eigenvalue weighted by Crippen LogP contribution is 2.19. The molecule has 6 heteroatoms. The van der Waals surface area contributed by atoms with E-state index >= 15 is 0 Å². The maximum absolute atomic E-state index is 13.2. The molecule has 0 aliphatic rings. The Morgan fingerprint density at radius 3 is 2.95 bits per heavy atom. The molecule has 1 aromatic heterocycles. The van der Waals surface area contributed by atoms with Gasteiger partial charge >= 0.3 is 5.97 Å². The van der Waals surface area contributed by atoms with Crippen LogP contribution in [0.25, 0.3) is 0 Å². The second kappa shape index (κ2) is 5.51. The molecule has 100 valence electrons. The second-order valence-corrected chi connectivity index (χ2v) is 4.01. The van der Waals surface area contributed by atoms with Crippen LogP contribution in [0.3, 0.4) is 0 Å². The molecule has 0 atom stereocenters. The molecule has 19 heavy (non-hydrogen) atoms. The Hall–Kier alpha value is -2.37. The smallest absolute Gasteiger partial charge is 0.340 e. The first-order valence-corrected chi connectivity index (χ1v) is 5.72. The highest BCUT2D eigenvalue weighted by atomic mass is 19.1. The molecule has 0 aliphatic carbocycles. The van der Waals surface area contributed by atoms with E-state index in [1.54, 1.807) is 6.33 Å². The molecule has 2 N–H and O–H groups in total. The number of rotatable bonds is 4. The van der Waals surface area contributed by atoms with Crippen LogP contribution in [-0.2, 0) is 11.3 Å². The maximum Gasteiger partial charge on any atom is 0.340 e. The summed E-state index contributed by atoms with van der Waals surface area (Å²) >= 11 is 0. The molecule has 0 bridgehead atoms. The quantitative estimate of drug-likeness (QED) is 0.830. The molecule has 0 radical (unpaired) electrons. The zero-order chi connectivity index (χ0) is 13.8. The lowest BCUT2D eigenvalue weighted by Crippen LogP contribution is -2.09. The maximum atomic E-state index is 13.2. The molecule has 2 aromatic rings. The van der Waals surface area contributed by atoms with Crippen LogP contribution in [0.15, 0.2) is 24.5 Å². The van der Waals surface area contributed by atoms with Crippen LogP contribution >= 0.6 is 0 Å². The first kappa shape index (κ1) is 13.1. The van der Waals surface area contributed by atoms with Crippen molar-refractivity contribution in [3.05, 3.63) is 47.3 Å². The fraction of sp³-hybridized carbons (Fsp3) is 0.231. The van der Waals surface area contributed by atoms with Crippen LogP contribution in [0.5, 0.6) is 0 Å². The summed E-state index contributed by atoms with van der Waals surface area (Å²) in [4.78, 5) is 18.7. The van der Waals surface area contributed by atoms with Gasteiger partial charge in [0.2, 0.25) is 0 Å². The van der Waals surface area contributed by atoms with Crippen LogP contribution < -0.4 is 5.32 Å². The topological polar surface area (TPSA) is 67.0 Å². The van der Waals surface area contributed by atoms with Crippen LogP contribution in [0.2, 0.25) is 0 Å². The van der Waals surface area contributed by atoms with Gasteiger partial charge in [-0.2, -0.15) is 0 Å². The highest BCUT2D eigenvalue weighted by Gasteiger charge is 2.13. The lowest BCUT2D eigenvalue weighted by atomic mass is 10.1. The van der Waals surface area contributed by atoms with E-state index in [0.717, 1.165) is 17.5 Å². The Kier molecular flexibility index (Phi) is 3.79. The van der Waals surface area contributed by atoms with Gasteiger partial charge in [0.25, 0.3) is 0 Å². The van der Waals surface area contributed by atoms with Gasteiger partial charge in [0.05, 0.1) is 31.2 Å². The number of carbonyl (C=O) groups excluding carboxylic acids is 1. The van der Waals surface area contributed by atoms with Crippen LogP contribution in [0, 0.1) is 12.7 Å². The number of nitrogens with one attached hydrogen (secondary N) is 2. The summed E-state index contributed by atoms with van der Waals surface area (Å²) in [6.07, 6.45) is 1.60. The summed E-state index contributed by atoms with van der Waals surface area (Å²) in [6, 6.07) is 3.93. The summed E-state index contributed by atoms with van der Waals surface area (Å²) in [5.74, 6) is -1.07. The molecular formula is C13H14FN3O2. The van der Waals surface area contributed by atoms with Gasteiger partial charge in [0.15, 0.2) is 0 Å². The number of anilines is 1. The zero-order valence-corrected chi connectivity index (χ0v) is 10.7. The van der Waals surface area contributed by atoms with E-state index in [-0.39, 0.29) is 5.56 Å². The van der Waals surface area contributed by atoms with E-state index in [0.29, 0.717) is 12.2 Å². The number of aryl methyl sites for hydroxylation is 1. The number of aromatic amines is 1. The van der Waals surface area contributed by atoms with Crippen molar-refractivity contribution < 1.29 is 13.9 Å². The lowest BCUT2D eigenvalue weighted by molar-refractivity contribution is 0.0601. The lowest BCUT2D eigenvalue weighted by Gasteiger charge is -2.10. The largest absolute Gasteiger partial charge is 0.465 e. The summed E-state index contributed by atoms with van der Waals surface area (Å²) in [7, 11) is 1.26. The number of esters is 1. The van der Waals surface area contributed by atoms with E-state index < -0.39 is 11.8 Å². The predicted octanol–water partition coefficient (Wildman–Crippen LogP) is 2.26. The van der Waals surface area contributed by atoms with Crippen molar-refractivity contribution in [3.8, 4) is 0 Å². The second-order valence-electron chi connectivity index (χ2n) is 4.01. The SMILES string of the molecule is COC(=O)c1cc(F)ccc1NCc1nc[nH]c1C. The number of ether oxygens (including phenoxy) is 1. The third-order valence-electron chi connectivity index (χ3n) is 2.77. The van der Waals surface area contributed by atoms with E-state index in [1.807, 2.05) is 6.92 Å². The standard InChI is InChI=1S/C13H14FN3O2/c1-8-12(17-7-16-8)6-15-11-4-3-9(14)5-10(11)13(18)19-2/h3-5,7,15H,6H2,1-2H3,(H,16,17). The summed E-state index contributed by atoms with van der Waals surface area (Å²) in [6.45, 7) is 2.33. The first-order valence-electron chi connectivity index (χ1n) is 5.72. The van der Waals surface area contributed by atoms with Crippen molar-refractivity contribution in [2.45, 2.75) is 13.5 Å². The number of H-pyrrole nitrogens is 1. The Bertz CT molecular complexity index is 595. The molecule has 0 saturated heterocycles. The minimum atomic E-state index is -0.583. The van der Waals surface area contributed by atoms with Crippen molar-refractivity contribution in [3.63, 3.8) is 0 Å². The molecule has 1 aromatic carbocycles. The van der Waals surface area contributed by atoms with Gasteiger partial charge in [-0.1, -0.05) is 0 Å². The number of halogens is 1. The number of hydrogen-bond donors (Lipinski definition) is 2. The molecule has 0 aliphatic heterocycles. The summed E-state index contributed by atoms with van der Waals surface area (Å²) in [5, 5.41) is 3.05. The van der Waals surface area contributed by atoms with Crippen molar-refractivity contribution in [1.29, 1.82) is 0 Å². The number of hydrogen-bond acceptors (Lipinski definition) is 4. The van der Waals surface area contributed by atoms with Gasteiger partial charge in [-0.15, -0.1) is 0 Å². The van der Waals surface area contributed by atoms with Crippen LogP contribution in [-0.4, -0.2) is 23.0 Å². The Labute approximate surface area is 109 Å². The van der Waals surface area contributed by atoms with E-state index in [4.69, 9.17) is 0 Å². The van der Waals surface area contributed by atoms with Gasteiger partial charge < -0.3 is 15.0 Å². The number of nitrogens with zero attached hydrogens (tertiary/aromatic N) is 1. The molecule has 0 saturated carbocycles. The highest BCUT2D eigenvalue weighted by molar-refractivity contribution is 5.95. The average molecular weight is 263 g/mol. The molecule has 0 fully saturated rings. The van der Waals surface area contributed by atoms with Gasteiger partial charge in [0.1, 0.15) is 5.82 Å². The molecule has 0 unspecified atom stereocenters. The summed E-state index contributed by atoms with van der Waals surface area (Å²) < 4.78 is 17.8. The molecule has 5 nitrogen and oxygen atoms in total. The number of aromatic nitrogens is 2. The van der Waals surface area contributed by atoms with Crippen LogP contribution in [0.1, 0.15) is 21.7 Å². The molecule has 0 spiro atoms. The number of carbonyl (C=O) groups is 1.